The molecule has 1 aliphatic rings. The van der Waals surface area contributed by atoms with Gasteiger partial charge in [-0.3, -0.25) is 4.79 Å². The first-order valence-electron chi connectivity index (χ1n) is 7.75. The van der Waals surface area contributed by atoms with Gasteiger partial charge in [0.2, 0.25) is 0 Å². The van der Waals surface area contributed by atoms with E-state index >= 15 is 0 Å². The fraction of sp³-hybridized carbons (Fsp3) is 0.412. The summed E-state index contributed by atoms with van der Waals surface area (Å²) in [5.74, 6) is -0.00261. The van der Waals surface area contributed by atoms with Crippen molar-refractivity contribution in [3.05, 3.63) is 47.8 Å². The van der Waals surface area contributed by atoms with Crippen molar-refractivity contribution < 1.29 is 4.79 Å². The van der Waals surface area contributed by atoms with E-state index in [0.29, 0.717) is 12.2 Å². The van der Waals surface area contributed by atoms with Crippen molar-refractivity contribution in [2.45, 2.75) is 38.8 Å². The average Bonchev–Trinajstić information content (AvgIpc) is 2.89. The Labute approximate surface area is 130 Å². The Morgan fingerprint density at radius 3 is 2.73 bits per heavy atom. The highest BCUT2D eigenvalue weighted by Crippen LogP contribution is 2.20. The average molecular weight is 298 g/mol. The fourth-order valence-electron chi connectivity index (χ4n) is 3.07. The summed E-state index contributed by atoms with van der Waals surface area (Å²) in [7, 11) is 0. The maximum Gasteiger partial charge on any atom is 0.274 e. The normalized spacial score (nSPS) is 21.9. The zero-order valence-corrected chi connectivity index (χ0v) is 13.1. The maximum absolute atomic E-state index is 12.7. The zero-order valence-electron chi connectivity index (χ0n) is 13.1. The highest BCUT2D eigenvalue weighted by atomic mass is 16.2. The van der Waals surface area contributed by atoms with Gasteiger partial charge >= 0.3 is 0 Å². The van der Waals surface area contributed by atoms with Crippen LogP contribution in [-0.4, -0.2) is 39.2 Å². The quantitative estimate of drug-likeness (QED) is 0.924. The van der Waals surface area contributed by atoms with E-state index in [1.54, 1.807) is 0 Å². The van der Waals surface area contributed by atoms with E-state index in [9.17, 15) is 4.79 Å². The molecule has 0 spiro atoms. The van der Waals surface area contributed by atoms with E-state index < -0.39 is 0 Å². The zero-order chi connectivity index (χ0) is 15.7. The minimum atomic E-state index is -0.00261. The topological polar surface area (TPSA) is 64.2 Å². The van der Waals surface area contributed by atoms with Crippen LogP contribution in [0.5, 0.6) is 0 Å². The monoisotopic (exact) mass is 298 g/mol. The molecule has 2 N–H and O–H groups in total. The molecule has 1 fully saturated rings. The summed E-state index contributed by atoms with van der Waals surface area (Å²) in [5.41, 5.74) is 8.40. The predicted molar refractivity (Wildman–Crippen MR) is 86.0 cm³/mol. The smallest absolute Gasteiger partial charge is 0.274 e. The second kappa shape index (κ2) is 5.93. The number of rotatable bonds is 2. The molecule has 2 aromatic rings. The standard InChI is InChI=1S/C17H22N4O/c1-12-10-14(18)8-9-20(12)17(22)16-11-13(2)21(19-16)15-6-4-3-5-7-15/h3-7,11-12,14H,8-10,18H2,1-2H3. The van der Waals surface area contributed by atoms with Gasteiger partial charge in [0.05, 0.1) is 5.69 Å². The summed E-state index contributed by atoms with van der Waals surface area (Å²) < 4.78 is 1.81. The van der Waals surface area contributed by atoms with E-state index in [1.165, 1.54) is 0 Å². The summed E-state index contributed by atoms with van der Waals surface area (Å²) in [6.07, 6.45) is 1.71. The number of aryl methyl sites for hydroxylation is 1. The molecule has 2 heterocycles. The molecule has 1 aromatic carbocycles. The van der Waals surface area contributed by atoms with E-state index in [0.717, 1.165) is 24.2 Å². The molecular weight excluding hydrogens is 276 g/mol. The molecule has 2 atom stereocenters. The molecule has 5 nitrogen and oxygen atoms in total. The number of piperidine rings is 1. The first-order chi connectivity index (χ1) is 10.6. The lowest BCUT2D eigenvalue weighted by Crippen LogP contribution is -2.48. The number of aromatic nitrogens is 2. The third-order valence-electron chi connectivity index (χ3n) is 4.28. The molecule has 1 amide bonds. The Hall–Kier alpha value is -2.14. The summed E-state index contributed by atoms with van der Waals surface area (Å²) in [6, 6.07) is 12.1. The van der Waals surface area contributed by atoms with Crippen LogP contribution >= 0.6 is 0 Å². The van der Waals surface area contributed by atoms with Crippen LogP contribution in [0, 0.1) is 6.92 Å². The van der Waals surface area contributed by atoms with Crippen LogP contribution in [0.2, 0.25) is 0 Å². The van der Waals surface area contributed by atoms with Crippen LogP contribution in [0.1, 0.15) is 35.9 Å². The Balaban J connectivity index is 1.85. The van der Waals surface area contributed by atoms with Crippen molar-refractivity contribution in [3.8, 4) is 5.69 Å². The van der Waals surface area contributed by atoms with Crippen molar-refractivity contribution in [1.82, 2.24) is 14.7 Å². The van der Waals surface area contributed by atoms with Crippen LogP contribution in [-0.2, 0) is 0 Å². The molecule has 1 aliphatic heterocycles. The highest BCUT2D eigenvalue weighted by Gasteiger charge is 2.29. The highest BCUT2D eigenvalue weighted by molar-refractivity contribution is 5.92. The minimum absolute atomic E-state index is 0.00261. The second-order valence-corrected chi connectivity index (χ2v) is 6.05. The number of carbonyl (C=O) groups is 1. The van der Waals surface area contributed by atoms with E-state index in [-0.39, 0.29) is 18.0 Å². The van der Waals surface area contributed by atoms with Gasteiger partial charge in [-0.1, -0.05) is 18.2 Å². The first kappa shape index (κ1) is 14.8. The van der Waals surface area contributed by atoms with E-state index in [4.69, 9.17) is 5.73 Å². The predicted octanol–water partition coefficient (Wildman–Crippen LogP) is 2.13. The van der Waals surface area contributed by atoms with Gasteiger partial charge < -0.3 is 10.6 Å². The Morgan fingerprint density at radius 2 is 2.05 bits per heavy atom. The number of likely N-dealkylation sites (tertiary alicyclic amines) is 1. The molecule has 2 unspecified atom stereocenters. The van der Waals surface area contributed by atoms with Gasteiger partial charge in [-0.15, -0.1) is 0 Å². The summed E-state index contributed by atoms with van der Waals surface area (Å²) >= 11 is 0. The number of amides is 1. The summed E-state index contributed by atoms with van der Waals surface area (Å²) in [5, 5.41) is 4.50. The maximum atomic E-state index is 12.7. The number of benzene rings is 1. The lowest BCUT2D eigenvalue weighted by Gasteiger charge is -2.35. The van der Waals surface area contributed by atoms with E-state index in [1.807, 2.05) is 52.9 Å². The molecule has 1 saturated heterocycles. The third kappa shape index (κ3) is 2.76. The lowest BCUT2D eigenvalue weighted by atomic mass is 9.99. The Kier molecular flexibility index (Phi) is 3.98. The number of hydrogen-bond donors (Lipinski definition) is 1. The number of nitrogens with zero attached hydrogens (tertiary/aromatic N) is 3. The SMILES string of the molecule is Cc1cc(C(=O)N2CCC(N)CC2C)nn1-c1ccccc1. The van der Waals surface area contributed by atoms with Gasteiger partial charge in [-0.25, -0.2) is 4.68 Å². The van der Waals surface area contributed by atoms with Gasteiger partial charge in [-0.05, 0) is 44.9 Å². The van der Waals surface area contributed by atoms with Crippen molar-refractivity contribution in [3.63, 3.8) is 0 Å². The van der Waals surface area contributed by atoms with Gasteiger partial charge in [-0.2, -0.15) is 5.10 Å². The van der Waals surface area contributed by atoms with Crippen LogP contribution in [0.15, 0.2) is 36.4 Å². The number of para-hydroxylation sites is 1. The molecule has 5 heteroatoms. The van der Waals surface area contributed by atoms with Crippen LogP contribution in [0.4, 0.5) is 0 Å². The lowest BCUT2D eigenvalue weighted by molar-refractivity contribution is 0.0612. The van der Waals surface area contributed by atoms with Gasteiger partial charge in [0.15, 0.2) is 5.69 Å². The number of nitrogens with two attached hydrogens (primary N) is 1. The summed E-state index contributed by atoms with van der Waals surface area (Å²) in [6.45, 7) is 4.72. The minimum Gasteiger partial charge on any atom is -0.334 e. The molecule has 0 saturated carbocycles. The molecule has 116 valence electrons. The van der Waals surface area contributed by atoms with Crippen molar-refractivity contribution in [2.75, 3.05) is 6.54 Å². The largest absolute Gasteiger partial charge is 0.334 e. The molecule has 3 rings (SSSR count). The second-order valence-electron chi connectivity index (χ2n) is 6.05. The van der Waals surface area contributed by atoms with E-state index in [2.05, 4.69) is 12.0 Å². The molecular formula is C17H22N4O. The number of hydrogen-bond acceptors (Lipinski definition) is 3. The van der Waals surface area contributed by atoms with Crippen molar-refractivity contribution in [2.24, 2.45) is 5.73 Å². The third-order valence-corrected chi connectivity index (χ3v) is 4.28. The van der Waals surface area contributed by atoms with Crippen LogP contribution < -0.4 is 5.73 Å². The van der Waals surface area contributed by atoms with Gasteiger partial charge in [0.25, 0.3) is 5.91 Å². The molecule has 1 aromatic heterocycles. The van der Waals surface area contributed by atoms with Gasteiger partial charge in [0, 0.05) is 24.3 Å². The Morgan fingerprint density at radius 1 is 1.32 bits per heavy atom. The van der Waals surface area contributed by atoms with Gasteiger partial charge in [0.1, 0.15) is 0 Å². The van der Waals surface area contributed by atoms with Crippen LogP contribution in [0.25, 0.3) is 5.69 Å². The molecule has 22 heavy (non-hydrogen) atoms. The fourth-order valence-corrected chi connectivity index (χ4v) is 3.07. The molecule has 0 radical (unpaired) electrons. The number of carbonyl (C=O) groups excluding carboxylic acids is 1. The van der Waals surface area contributed by atoms with Crippen molar-refractivity contribution in [1.29, 1.82) is 0 Å². The van der Waals surface area contributed by atoms with Crippen LogP contribution in [0.3, 0.4) is 0 Å². The molecule has 0 aliphatic carbocycles. The summed E-state index contributed by atoms with van der Waals surface area (Å²) in [4.78, 5) is 14.6. The van der Waals surface area contributed by atoms with Crippen molar-refractivity contribution >= 4 is 5.91 Å². The first-order valence-corrected chi connectivity index (χ1v) is 7.75. The molecule has 0 bridgehead atoms. The Bertz CT molecular complexity index is 665.